The molecule has 0 fully saturated rings. The minimum absolute atomic E-state index is 0.0150. The number of carbonyl (C=O) groups is 1. The lowest BCUT2D eigenvalue weighted by Gasteiger charge is -2.04. The first kappa shape index (κ1) is 13.3. The first-order valence-corrected chi connectivity index (χ1v) is 7.53. The molecular weight excluding hydrogens is 387 g/mol. The van der Waals surface area contributed by atoms with Gasteiger partial charge in [0.15, 0.2) is 5.78 Å². The van der Waals surface area contributed by atoms with Gasteiger partial charge in [-0.15, -0.1) is 11.3 Å². The molecule has 5 heteroatoms. The topological polar surface area (TPSA) is 17.1 Å². The summed E-state index contributed by atoms with van der Waals surface area (Å²) in [5.74, 6) is -0.0150. The van der Waals surface area contributed by atoms with Crippen molar-refractivity contribution in [3.05, 3.63) is 53.6 Å². The van der Waals surface area contributed by atoms with E-state index in [0.29, 0.717) is 16.1 Å². The molecule has 1 nitrogen and oxygen atoms in total. The molecule has 2 aromatic rings. The first-order chi connectivity index (χ1) is 7.99. The number of carbonyl (C=O) groups excluding carboxylic acids is 1. The van der Waals surface area contributed by atoms with Crippen LogP contribution in [0.1, 0.15) is 21.5 Å². The highest BCUT2D eigenvalue weighted by Gasteiger charge is 2.17. The van der Waals surface area contributed by atoms with Gasteiger partial charge in [-0.3, -0.25) is 4.79 Å². The molecule has 0 amide bonds. The maximum atomic E-state index is 12.4. The quantitative estimate of drug-likeness (QED) is 0.618. The lowest BCUT2D eigenvalue weighted by atomic mass is 10.0. The average Bonchev–Trinajstić information content (AvgIpc) is 2.60. The standard InChI is InChI=1S/C12H7Br2ClOS/c1-6-2-3-7(15)4-8(6)11(16)9-5-10(13)17-12(9)14/h2-5H,1H3. The molecule has 2 rings (SSSR count). The minimum atomic E-state index is -0.0150. The van der Waals surface area contributed by atoms with Gasteiger partial charge in [0, 0.05) is 16.1 Å². The van der Waals surface area contributed by atoms with E-state index < -0.39 is 0 Å². The molecule has 0 aliphatic carbocycles. The Labute approximate surface area is 125 Å². The van der Waals surface area contributed by atoms with Crippen LogP contribution in [0.2, 0.25) is 5.02 Å². The van der Waals surface area contributed by atoms with E-state index in [1.165, 1.54) is 11.3 Å². The van der Waals surface area contributed by atoms with Crippen LogP contribution in [0.4, 0.5) is 0 Å². The second-order valence-corrected chi connectivity index (χ2v) is 7.71. The van der Waals surface area contributed by atoms with Crippen molar-refractivity contribution in [1.82, 2.24) is 0 Å². The van der Waals surface area contributed by atoms with E-state index in [0.717, 1.165) is 13.1 Å². The zero-order valence-electron chi connectivity index (χ0n) is 8.76. The molecule has 1 aromatic carbocycles. The fourth-order valence-corrected chi connectivity index (χ4v) is 4.44. The smallest absolute Gasteiger partial charge is 0.195 e. The van der Waals surface area contributed by atoms with Crippen LogP contribution >= 0.6 is 54.8 Å². The minimum Gasteiger partial charge on any atom is -0.289 e. The summed E-state index contributed by atoms with van der Waals surface area (Å²) in [5, 5.41) is 0.573. The van der Waals surface area contributed by atoms with Crippen LogP contribution in [0.25, 0.3) is 0 Å². The summed E-state index contributed by atoms with van der Waals surface area (Å²) in [4.78, 5) is 12.4. The number of benzene rings is 1. The third kappa shape index (κ3) is 2.81. The molecule has 17 heavy (non-hydrogen) atoms. The van der Waals surface area contributed by atoms with Gasteiger partial charge in [-0.2, -0.15) is 0 Å². The van der Waals surface area contributed by atoms with Gasteiger partial charge in [-0.25, -0.2) is 0 Å². The number of ketones is 1. The summed E-state index contributed by atoms with van der Waals surface area (Å²) in [6.45, 7) is 1.90. The van der Waals surface area contributed by atoms with Crippen LogP contribution in [0, 0.1) is 6.92 Å². The fraction of sp³-hybridized carbons (Fsp3) is 0.0833. The Bertz CT molecular complexity index is 592. The maximum absolute atomic E-state index is 12.4. The Morgan fingerprint density at radius 1 is 1.24 bits per heavy atom. The third-order valence-electron chi connectivity index (χ3n) is 2.35. The number of hydrogen-bond acceptors (Lipinski definition) is 2. The second-order valence-electron chi connectivity index (χ2n) is 3.53. The largest absolute Gasteiger partial charge is 0.289 e. The summed E-state index contributed by atoms with van der Waals surface area (Å²) in [5.41, 5.74) is 2.23. The van der Waals surface area contributed by atoms with Crippen molar-refractivity contribution in [2.75, 3.05) is 0 Å². The van der Waals surface area contributed by atoms with Gasteiger partial charge in [0.2, 0.25) is 0 Å². The fourth-order valence-electron chi connectivity index (χ4n) is 1.48. The molecule has 1 aromatic heterocycles. The Morgan fingerprint density at radius 2 is 1.94 bits per heavy atom. The van der Waals surface area contributed by atoms with Crippen molar-refractivity contribution in [2.45, 2.75) is 6.92 Å². The predicted octanol–water partition coefficient (Wildman–Crippen LogP) is 5.47. The predicted molar refractivity (Wildman–Crippen MR) is 79.3 cm³/mol. The van der Waals surface area contributed by atoms with Crippen molar-refractivity contribution in [3.8, 4) is 0 Å². The lowest BCUT2D eigenvalue weighted by Crippen LogP contribution is -2.02. The van der Waals surface area contributed by atoms with Crippen molar-refractivity contribution >= 4 is 60.6 Å². The molecule has 0 unspecified atom stereocenters. The molecule has 0 N–H and O–H groups in total. The molecular formula is C12H7Br2ClOS. The highest BCUT2D eigenvalue weighted by atomic mass is 79.9. The van der Waals surface area contributed by atoms with Crippen molar-refractivity contribution in [3.63, 3.8) is 0 Å². The van der Waals surface area contributed by atoms with Gasteiger partial charge in [0.25, 0.3) is 0 Å². The number of thiophene rings is 1. The van der Waals surface area contributed by atoms with Crippen LogP contribution in [0.3, 0.4) is 0 Å². The Kier molecular flexibility index (Phi) is 4.08. The third-order valence-corrected chi connectivity index (χ3v) is 4.92. The molecule has 0 spiro atoms. The first-order valence-electron chi connectivity index (χ1n) is 4.74. The van der Waals surface area contributed by atoms with Gasteiger partial charge < -0.3 is 0 Å². The Balaban J connectivity index is 2.50. The lowest BCUT2D eigenvalue weighted by molar-refractivity contribution is 0.103. The molecule has 0 radical (unpaired) electrons. The Hall–Kier alpha value is -0.160. The highest BCUT2D eigenvalue weighted by molar-refractivity contribution is 9.12. The number of hydrogen-bond donors (Lipinski definition) is 0. The molecule has 88 valence electrons. The zero-order chi connectivity index (χ0) is 12.6. The van der Waals surface area contributed by atoms with Gasteiger partial charge in [-0.1, -0.05) is 17.7 Å². The van der Waals surface area contributed by atoms with Crippen LogP contribution in [0.15, 0.2) is 31.8 Å². The summed E-state index contributed by atoms with van der Waals surface area (Å²) < 4.78 is 1.75. The van der Waals surface area contributed by atoms with Crippen molar-refractivity contribution < 1.29 is 4.79 Å². The van der Waals surface area contributed by atoms with Crippen molar-refractivity contribution in [2.24, 2.45) is 0 Å². The molecule has 0 saturated carbocycles. The molecule has 0 atom stereocenters. The summed E-state index contributed by atoms with van der Waals surface area (Å²) >= 11 is 14.2. The summed E-state index contributed by atoms with van der Waals surface area (Å²) in [6, 6.07) is 7.16. The molecule has 0 bridgehead atoms. The normalized spacial score (nSPS) is 10.6. The zero-order valence-corrected chi connectivity index (χ0v) is 13.5. The van der Waals surface area contributed by atoms with E-state index in [4.69, 9.17) is 11.6 Å². The summed E-state index contributed by atoms with van der Waals surface area (Å²) in [6.07, 6.45) is 0. The summed E-state index contributed by atoms with van der Waals surface area (Å²) in [7, 11) is 0. The maximum Gasteiger partial charge on any atom is 0.195 e. The van der Waals surface area contributed by atoms with Crippen LogP contribution < -0.4 is 0 Å². The van der Waals surface area contributed by atoms with E-state index in [9.17, 15) is 4.79 Å². The Morgan fingerprint density at radius 3 is 2.53 bits per heavy atom. The van der Waals surface area contributed by atoms with E-state index in [2.05, 4.69) is 31.9 Å². The molecule has 0 saturated heterocycles. The van der Waals surface area contributed by atoms with Crippen LogP contribution in [-0.4, -0.2) is 5.78 Å². The van der Waals surface area contributed by atoms with Gasteiger partial charge in [-0.05, 0) is 62.5 Å². The number of rotatable bonds is 2. The van der Waals surface area contributed by atoms with Gasteiger partial charge in [0.05, 0.1) is 7.57 Å². The van der Waals surface area contributed by atoms with Crippen LogP contribution in [0.5, 0.6) is 0 Å². The number of halogens is 3. The molecule has 0 aliphatic rings. The average molecular weight is 395 g/mol. The van der Waals surface area contributed by atoms with E-state index >= 15 is 0 Å². The SMILES string of the molecule is Cc1ccc(Cl)cc1C(=O)c1cc(Br)sc1Br. The van der Waals surface area contributed by atoms with Crippen LogP contribution in [-0.2, 0) is 0 Å². The monoisotopic (exact) mass is 392 g/mol. The van der Waals surface area contributed by atoms with E-state index in [1.54, 1.807) is 12.1 Å². The van der Waals surface area contributed by atoms with Gasteiger partial charge in [0.1, 0.15) is 0 Å². The van der Waals surface area contributed by atoms with Gasteiger partial charge >= 0.3 is 0 Å². The number of aryl methyl sites for hydroxylation is 1. The van der Waals surface area contributed by atoms with E-state index in [1.807, 2.05) is 19.1 Å². The van der Waals surface area contributed by atoms with Crippen molar-refractivity contribution in [1.29, 1.82) is 0 Å². The van der Waals surface area contributed by atoms with E-state index in [-0.39, 0.29) is 5.78 Å². The molecule has 0 aliphatic heterocycles. The molecule has 1 heterocycles. The highest BCUT2D eigenvalue weighted by Crippen LogP contribution is 2.33. The second kappa shape index (κ2) is 5.22.